The van der Waals surface area contributed by atoms with Gasteiger partial charge in [-0.2, -0.15) is 13.2 Å². The number of hydrogen-bond donors (Lipinski definition) is 1. The summed E-state index contributed by atoms with van der Waals surface area (Å²) in [6, 6.07) is 8.32. The van der Waals surface area contributed by atoms with Crippen LogP contribution in [0.15, 0.2) is 47.4 Å². The Morgan fingerprint density at radius 3 is 2.41 bits per heavy atom. The van der Waals surface area contributed by atoms with Gasteiger partial charge < -0.3 is 10.1 Å². The van der Waals surface area contributed by atoms with Gasteiger partial charge in [-0.15, -0.1) is 11.8 Å². The number of thioether (sulfide) groups is 1. The van der Waals surface area contributed by atoms with E-state index in [0.29, 0.717) is 17.2 Å². The fourth-order valence-corrected chi connectivity index (χ4v) is 2.83. The molecule has 2 aromatic rings. The SMILES string of the molecule is O=C(COC(=O)CSc1ccc(Cl)cc1)Nc1ccc(C(F)(F)F)cc1[N+](=O)[O-]. The molecule has 0 radical (unpaired) electrons. The van der Waals surface area contributed by atoms with Crippen molar-refractivity contribution in [1.29, 1.82) is 0 Å². The topological polar surface area (TPSA) is 98.5 Å². The highest BCUT2D eigenvalue weighted by molar-refractivity contribution is 8.00. The van der Waals surface area contributed by atoms with Crippen molar-refractivity contribution in [2.45, 2.75) is 11.1 Å². The van der Waals surface area contributed by atoms with E-state index in [-0.39, 0.29) is 5.75 Å². The lowest BCUT2D eigenvalue weighted by atomic mass is 10.1. The Balaban J connectivity index is 1.90. The second kappa shape index (κ2) is 9.61. The number of carbonyl (C=O) groups excluding carboxylic acids is 2. The molecule has 0 aliphatic carbocycles. The largest absolute Gasteiger partial charge is 0.455 e. The average Bonchev–Trinajstić information content (AvgIpc) is 2.65. The Labute approximate surface area is 171 Å². The number of nitrogens with one attached hydrogen (secondary N) is 1. The number of nitrogens with zero attached hydrogens (tertiary/aromatic N) is 1. The standard InChI is InChI=1S/C17H12ClF3N2O5S/c18-11-2-4-12(5-3-11)29-9-16(25)28-8-15(24)22-13-6-1-10(17(19,20)21)7-14(13)23(26)27/h1-7H,8-9H2,(H,22,24). The third-order valence-electron chi connectivity index (χ3n) is 3.33. The van der Waals surface area contributed by atoms with Crippen LogP contribution >= 0.6 is 23.4 Å². The zero-order valence-electron chi connectivity index (χ0n) is 14.4. The Morgan fingerprint density at radius 2 is 1.83 bits per heavy atom. The molecular weight excluding hydrogens is 437 g/mol. The van der Waals surface area contributed by atoms with Gasteiger partial charge in [-0.05, 0) is 36.4 Å². The fourth-order valence-electron chi connectivity index (χ4n) is 2.01. The summed E-state index contributed by atoms with van der Waals surface area (Å²) >= 11 is 6.89. The van der Waals surface area contributed by atoms with Gasteiger partial charge in [0.1, 0.15) is 5.69 Å². The monoisotopic (exact) mass is 448 g/mol. The van der Waals surface area contributed by atoms with Crippen molar-refractivity contribution in [1.82, 2.24) is 0 Å². The van der Waals surface area contributed by atoms with Crippen LogP contribution < -0.4 is 5.32 Å². The molecule has 12 heteroatoms. The van der Waals surface area contributed by atoms with E-state index in [0.717, 1.165) is 22.7 Å². The summed E-state index contributed by atoms with van der Waals surface area (Å²) in [5, 5.41) is 13.6. The van der Waals surface area contributed by atoms with E-state index < -0.39 is 46.5 Å². The van der Waals surface area contributed by atoms with Crippen LogP contribution in [0.4, 0.5) is 24.5 Å². The first-order valence-corrected chi connectivity index (χ1v) is 9.12. The van der Waals surface area contributed by atoms with E-state index in [1.807, 2.05) is 0 Å². The number of alkyl halides is 3. The molecule has 7 nitrogen and oxygen atoms in total. The molecule has 2 aromatic carbocycles. The van der Waals surface area contributed by atoms with E-state index >= 15 is 0 Å². The normalized spacial score (nSPS) is 11.0. The molecule has 0 aliphatic heterocycles. The van der Waals surface area contributed by atoms with Crippen LogP contribution in [0.3, 0.4) is 0 Å². The number of carbonyl (C=O) groups is 2. The molecule has 0 spiro atoms. The number of nitro benzene ring substituents is 1. The van der Waals surface area contributed by atoms with Crippen molar-refractivity contribution in [2.24, 2.45) is 0 Å². The van der Waals surface area contributed by atoms with E-state index in [1.165, 1.54) is 0 Å². The minimum Gasteiger partial charge on any atom is -0.455 e. The fraction of sp³-hybridized carbons (Fsp3) is 0.176. The number of benzene rings is 2. The summed E-state index contributed by atoms with van der Waals surface area (Å²) in [5.74, 6) is -1.75. The van der Waals surface area contributed by atoms with Crippen molar-refractivity contribution in [3.05, 3.63) is 63.2 Å². The quantitative estimate of drug-likeness (QED) is 0.289. The molecule has 1 amide bonds. The smallest absolute Gasteiger partial charge is 0.416 e. The zero-order chi connectivity index (χ0) is 21.6. The van der Waals surface area contributed by atoms with E-state index in [1.54, 1.807) is 24.3 Å². The van der Waals surface area contributed by atoms with Gasteiger partial charge in [0, 0.05) is 16.0 Å². The van der Waals surface area contributed by atoms with Crippen LogP contribution in [-0.4, -0.2) is 29.2 Å². The third kappa shape index (κ3) is 6.95. The number of halogens is 4. The van der Waals surface area contributed by atoms with E-state index in [9.17, 15) is 32.9 Å². The molecule has 0 saturated heterocycles. The van der Waals surface area contributed by atoms with Crippen LogP contribution in [0.2, 0.25) is 5.02 Å². The van der Waals surface area contributed by atoms with Crippen LogP contribution in [0.25, 0.3) is 0 Å². The molecule has 0 atom stereocenters. The number of esters is 1. The number of ether oxygens (including phenoxy) is 1. The maximum absolute atomic E-state index is 12.7. The minimum absolute atomic E-state index is 0.102. The summed E-state index contributed by atoms with van der Waals surface area (Å²) in [7, 11) is 0. The van der Waals surface area contributed by atoms with Crippen LogP contribution in [0.1, 0.15) is 5.56 Å². The van der Waals surface area contributed by atoms with Crippen molar-refractivity contribution in [3.63, 3.8) is 0 Å². The van der Waals surface area contributed by atoms with Gasteiger partial charge in [-0.1, -0.05) is 11.6 Å². The Kier molecular flexibility index (Phi) is 7.46. The van der Waals surface area contributed by atoms with Crippen molar-refractivity contribution in [3.8, 4) is 0 Å². The molecule has 0 aliphatic rings. The molecule has 0 heterocycles. The van der Waals surface area contributed by atoms with Gasteiger partial charge in [-0.3, -0.25) is 19.7 Å². The third-order valence-corrected chi connectivity index (χ3v) is 4.57. The summed E-state index contributed by atoms with van der Waals surface area (Å²) in [6.45, 7) is -0.752. The summed E-state index contributed by atoms with van der Waals surface area (Å²) in [6.07, 6.45) is -4.77. The number of amides is 1. The molecule has 154 valence electrons. The maximum atomic E-state index is 12.7. The highest BCUT2D eigenvalue weighted by Gasteiger charge is 2.33. The lowest BCUT2D eigenvalue weighted by Gasteiger charge is -2.10. The molecular formula is C17H12ClF3N2O5S. The molecule has 0 saturated carbocycles. The van der Waals surface area contributed by atoms with Gasteiger partial charge in [0.15, 0.2) is 6.61 Å². The first kappa shape index (κ1) is 22.5. The Hall–Kier alpha value is -2.79. The van der Waals surface area contributed by atoms with Crippen molar-refractivity contribution in [2.75, 3.05) is 17.7 Å². The highest BCUT2D eigenvalue weighted by atomic mass is 35.5. The summed E-state index contributed by atoms with van der Waals surface area (Å²) in [4.78, 5) is 34.2. The van der Waals surface area contributed by atoms with Crippen molar-refractivity contribution < 1.29 is 32.4 Å². The molecule has 2 rings (SSSR count). The molecule has 0 bridgehead atoms. The molecule has 29 heavy (non-hydrogen) atoms. The molecule has 0 fully saturated rings. The van der Waals surface area contributed by atoms with E-state index in [4.69, 9.17) is 16.3 Å². The number of hydrogen-bond acceptors (Lipinski definition) is 6. The lowest BCUT2D eigenvalue weighted by Crippen LogP contribution is -2.22. The summed E-state index contributed by atoms with van der Waals surface area (Å²) in [5.41, 5.74) is -2.61. The minimum atomic E-state index is -4.77. The molecule has 1 N–H and O–H groups in total. The van der Waals surface area contributed by atoms with Gasteiger partial charge in [0.2, 0.25) is 0 Å². The van der Waals surface area contributed by atoms with Crippen molar-refractivity contribution >= 4 is 46.6 Å². The Bertz CT molecular complexity index is 922. The van der Waals surface area contributed by atoms with Gasteiger partial charge in [0.25, 0.3) is 11.6 Å². The predicted octanol–water partition coefficient (Wildman–Crippen LogP) is 4.54. The lowest BCUT2D eigenvalue weighted by molar-refractivity contribution is -0.384. The zero-order valence-corrected chi connectivity index (χ0v) is 15.9. The van der Waals surface area contributed by atoms with Crippen LogP contribution in [0.5, 0.6) is 0 Å². The maximum Gasteiger partial charge on any atom is 0.416 e. The van der Waals surface area contributed by atoms with Gasteiger partial charge in [-0.25, -0.2) is 0 Å². The Morgan fingerprint density at radius 1 is 1.17 bits per heavy atom. The molecule has 0 unspecified atom stereocenters. The predicted molar refractivity (Wildman–Crippen MR) is 99.9 cm³/mol. The van der Waals surface area contributed by atoms with Crippen LogP contribution in [-0.2, 0) is 20.5 Å². The second-order valence-corrected chi connectivity index (χ2v) is 6.92. The first-order valence-electron chi connectivity index (χ1n) is 7.76. The summed E-state index contributed by atoms with van der Waals surface area (Å²) < 4.78 is 42.8. The number of anilines is 1. The molecule has 0 aromatic heterocycles. The second-order valence-electron chi connectivity index (χ2n) is 5.44. The van der Waals surface area contributed by atoms with Gasteiger partial charge >= 0.3 is 12.1 Å². The number of rotatable bonds is 7. The highest BCUT2D eigenvalue weighted by Crippen LogP contribution is 2.34. The van der Waals surface area contributed by atoms with E-state index in [2.05, 4.69) is 5.32 Å². The first-order chi connectivity index (χ1) is 13.6. The average molecular weight is 449 g/mol. The van der Waals surface area contributed by atoms with Gasteiger partial charge in [0.05, 0.1) is 16.2 Å². The number of nitro groups is 1. The van der Waals surface area contributed by atoms with Crippen LogP contribution in [0, 0.1) is 10.1 Å².